The van der Waals surface area contributed by atoms with Gasteiger partial charge < -0.3 is 14.5 Å². The molecule has 0 atom stereocenters. The van der Waals surface area contributed by atoms with Crippen molar-refractivity contribution < 1.29 is 9.53 Å². The molecule has 0 N–H and O–H groups in total. The molecule has 3 heterocycles. The number of imidazole rings is 1. The maximum atomic E-state index is 12.7. The zero-order valence-corrected chi connectivity index (χ0v) is 17.6. The normalized spacial score (nSPS) is 14.1. The van der Waals surface area contributed by atoms with Crippen LogP contribution in [-0.4, -0.2) is 63.6 Å². The van der Waals surface area contributed by atoms with Crippen molar-refractivity contribution in [3.8, 4) is 11.6 Å². The van der Waals surface area contributed by atoms with E-state index in [4.69, 9.17) is 4.74 Å². The first kappa shape index (κ1) is 19.9. The van der Waals surface area contributed by atoms with Gasteiger partial charge in [0.1, 0.15) is 30.0 Å². The van der Waals surface area contributed by atoms with Crippen molar-refractivity contribution in [1.82, 2.24) is 24.4 Å². The van der Waals surface area contributed by atoms with E-state index < -0.39 is 0 Å². The first-order chi connectivity index (χ1) is 14.5. The van der Waals surface area contributed by atoms with Crippen LogP contribution in [0.4, 0.5) is 5.82 Å². The first-order valence-corrected chi connectivity index (χ1v) is 10.0. The van der Waals surface area contributed by atoms with Gasteiger partial charge in [0, 0.05) is 37.9 Å². The monoisotopic (exact) mass is 406 g/mol. The molecule has 0 saturated carbocycles. The Morgan fingerprint density at radius 2 is 1.70 bits per heavy atom. The lowest BCUT2D eigenvalue weighted by Gasteiger charge is -2.35. The maximum absolute atomic E-state index is 12.7. The van der Waals surface area contributed by atoms with Crippen LogP contribution in [0.5, 0.6) is 5.75 Å². The Bertz CT molecular complexity index is 1020. The maximum Gasteiger partial charge on any atom is 0.227 e. The number of amides is 1. The molecule has 8 nitrogen and oxygen atoms in total. The van der Waals surface area contributed by atoms with Crippen LogP contribution in [0.3, 0.4) is 0 Å². The highest BCUT2D eigenvalue weighted by atomic mass is 16.5. The lowest BCUT2D eigenvalue weighted by atomic mass is 10.1. The molecule has 3 aromatic rings. The summed E-state index contributed by atoms with van der Waals surface area (Å²) in [5.74, 6) is 2.61. The number of nitrogens with zero attached hydrogens (tertiary/aromatic N) is 6. The molecule has 0 radical (unpaired) electrons. The van der Waals surface area contributed by atoms with Crippen LogP contribution in [-0.2, 0) is 11.2 Å². The fourth-order valence-corrected chi connectivity index (χ4v) is 3.59. The van der Waals surface area contributed by atoms with E-state index in [1.165, 1.54) is 0 Å². The van der Waals surface area contributed by atoms with E-state index in [2.05, 4.69) is 19.9 Å². The van der Waals surface area contributed by atoms with E-state index in [1.54, 1.807) is 19.8 Å². The van der Waals surface area contributed by atoms with Gasteiger partial charge in [-0.3, -0.25) is 9.36 Å². The summed E-state index contributed by atoms with van der Waals surface area (Å²) in [6.45, 7) is 6.85. The van der Waals surface area contributed by atoms with Crippen molar-refractivity contribution in [2.24, 2.45) is 0 Å². The summed E-state index contributed by atoms with van der Waals surface area (Å²) in [6, 6.07) is 9.63. The minimum Gasteiger partial charge on any atom is -0.497 e. The van der Waals surface area contributed by atoms with Crippen molar-refractivity contribution in [2.45, 2.75) is 20.3 Å². The predicted molar refractivity (Wildman–Crippen MR) is 114 cm³/mol. The van der Waals surface area contributed by atoms with E-state index in [1.807, 2.05) is 53.6 Å². The van der Waals surface area contributed by atoms with Gasteiger partial charge in [0.25, 0.3) is 0 Å². The highest BCUT2D eigenvalue weighted by Gasteiger charge is 2.22. The highest BCUT2D eigenvalue weighted by Crippen LogP contribution is 2.19. The molecule has 1 fully saturated rings. The molecule has 1 aliphatic rings. The Balaban J connectivity index is 1.38. The summed E-state index contributed by atoms with van der Waals surface area (Å²) in [5, 5.41) is 0. The first-order valence-electron chi connectivity index (χ1n) is 10.0. The molecule has 0 bridgehead atoms. The Kier molecular flexibility index (Phi) is 5.65. The molecule has 1 amide bonds. The van der Waals surface area contributed by atoms with Crippen LogP contribution in [0.15, 0.2) is 43.0 Å². The molecule has 1 aliphatic heterocycles. The summed E-state index contributed by atoms with van der Waals surface area (Å²) in [7, 11) is 1.64. The third-order valence-corrected chi connectivity index (χ3v) is 5.61. The number of methoxy groups -OCH3 is 1. The number of hydrogen-bond donors (Lipinski definition) is 0. The summed E-state index contributed by atoms with van der Waals surface area (Å²) >= 11 is 0. The number of rotatable bonds is 5. The number of hydrogen-bond acceptors (Lipinski definition) is 6. The average Bonchev–Trinajstić information content (AvgIpc) is 3.13. The SMILES string of the molecule is COc1ccc(CC(=O)N2CCN(c3cc(-n4cnc(C)c4C)ncn3)CC2)cc1. The minimum absolute atomic E-state index is 0.146. The van der Waals surface area contributed by atoms with Crippen LogP contribution in [0.25, 0.3) is 5.82 Å². The van der Waals surface area contributed by atoms with E-state index >= 15 is 0 Å². The molecule has 4 rings (SSSR count). The molecule has 1 saturated heterocycles. The van der Waals surface area contributed by atoms with Crippen LogP contribution in [0.2, 0.25) is 0 Å². The number of aryl methyl sites for hydroxylation is 1. The third kappa shape index (κ3) is 4.12. The molecular formula is C22H26N6O2. The van der Waals surface area contributed by atoms with Gasteiger partial charge >= 0.3 is 0 Å². The molecular weight excluding hydrogens is 380 g/mol. The van der Waals surface area contributed by atoms with Gasteiger partial charge in [0.2, 0.25) is 5.91 Å². The average molecular weight is 406 g/mol. The number of anilines is 1. The molecule has 0 spiro atoms. The van der Waals surface area contributed by atoms with Gasteiger partial charge in [-0.05, 0) is 31.5 Å². The zero-order valence-electron chi connectivity index (χ0n) is 17.6. The fraction of sp³-hybridized carbons (Fsp3) is 0.364. The van der Waals surface area contributed by atoms with Gasteiger partial charge in [0.15, 0.2) is 0 Å². The summed E-state index contributed by atoms with van der Waals surface area (Å²) in [6.07, 6.45) is 3.77. The van der Waals surface area contributed by atoms with Crippen molar-refractivity contribution in [3.63, 3.8) is 0 Å². The highest BCUT2D eigenvalue weighted by molar-refractivity contribution is 5.79. The van der Waals surface area contributed by atoms with Gasteiger partial charge in [-0.25, -0.2) is 15.0 Å². The fourth-order valence-electron chi connectivity index (χ4n) is 3.59. The molecule has 30 heavy (non-hydrogen) atoms. The van der Waals surface area contributed by atoms with E-state index in [9.17, 15) is 4.79 Å². The molecule has 8 heteroatoms. The topological polar surface area (TPSA) is 76.4 Å². The molecule has 0 unspecified atom stereocenters. The molecule has 156 valence electrons. The zero-order chi connectivity index (χ0) is 21.1. The van der Waals surface area contributed by atoms with Crippen molar-refractivity contribution in [1.29, 1.82) is 0 Å². The molecule has 1 aromatic carbocycles. The lowest BCUT2D eigenvalue weighted by molar-refractivity contribution is -0.130. The molecule has 2 aromatic heterocycles. The van der Waals surface area contributed by atoms with Gasteiger partial charge in [-0.2, -0.15) is 0 Å². The Morgan fingerprint density at radius 1 is 1.00 bits per heavy atom. The second-order valence-corrected chi connectivity index (χ2v) is 7.41. The Hall–Kier alpha value is -3.42. The van der Waals surface area contributed by atoms with E-state index in [-0.39, 0.29) is 5.91 Å². The number of piperazine rings is 1. The van der Waals surface area contributed by atoms with Crippen LogP contribution in [0.1, 0.15) is 17.0 Å². The van der Waals surface area contributed by atoms with Crippen molar-refractivity contribution >= 4 is 11.7 Å². The Labute approximate surface area is 176 Å². The van der Waals surface area contributed by atoms with E-state index in [0.29, 0.717) is 19.5 Å². The van der Waals surface area contributed by atoms with E-state index in [0.717, 1.165) is 47.4 Å². The van der Waals surface area contributed by atoms with Crippen LogP contribution < -0.4 is 9.64 Å². The van der Waals surface area contributed by atoms with Crippen molar-refractivity contribution in [3.05, 3.63) is 59.9 Å². The molecule has 0 aliphatic carbocycles. The standard InChI is InChI=1S/C22H26N6O2/c1-16-17(2)28(15-25-16)21-13-20(23-14-24-21)26-8-10-27(11-9-26)22(29)12-18-4-6-19(30-3)7-5-18/h4-7,13-15H,8-12H2,1-3H3. The second-order valence-electron chi connectivity index (χ2n) is 7.41. The van der Waals surface area contributed by atoms with Crippen LogP contribution in [0, 0.1) is 13.8 Å². The number of benzene rings is 1. The predicted octanol–water partition coefficient (Wildman–Crippen LogP) is 2.18. The minimum atomic E-state index is 0.146. The third-order valence-electron chi connectivity index (χ3n) is 5.61. The lowest BCUT2D eigenvalue weighted by Crippen LogP contribution is -2.49. The van der Waals surface area contributed by atoms with Gasteiger partial charge in [0.05, 0.1) is 19.2 Å². The Morgan fingerprint density at radius 3 is 2.33 bits per heavy atom. The number of ether oxygens (including phenoxy) is 1. The van der Waals surface area contributed by atoms with Gasteiger partial charge in [-0.15, -0.1) is 0 Å². The van der Waals surface area contributed by atoms with Crippen molar-refractivity contribution in [2.75, 3.05) is 38.2 Å². The number of carbonyl (C=O) groups excluding carboxylic acids is 1. The summed E-state index contributed by atoms with van der Waals surface area (Å²) in [4.78, 5) is 30.0. The van der Waals surface area contributed by atoms with Crippen LogP contribution >= 0.6 is 0 Å². The quantitative estimate of drug-likeness (QED) is 0.646. The van der Waals surface area contributed by atoms with Gasteiger partial charge in [-0.1, -0.05) is 12.1 Å². The summed E-state index contributed by atoms with van der Waals surface area (Å²) < 4.78 is 7.14. The number of carbonyl (C=O) groups is 1. The largest absolute Gasteiger partial charge is 0.497 e. The second kappa shape index (κ2) is 8.52. The number of aromatic nitrogens is 4. The smallest absolute Gasteiger partial charge is 0.227 e. The summed E-state index contributed by atoms with van der Waals surface area (Å²) in [5.41, 5.74) is 3.04.